The van der Waals surface area contributed by atoms with Crippen LogP contribution in [0.2, 0.25) is 0 Å². The van der Waals surface area contributed by atoms with Gasteiger partial charge in [0.15, 0.2) is 0 Å². The number of piperidine rings is 1. The number of likely N-dealkylation sites (tertiary alicyclic amines) is 1. The zero-order valence-electron chi connectivity index (χ0n) is 10.9. The van der Waals surface area contributed by atoms with E-state index in [0.717, 1.165) is 18.4 Å². The molecule has 1 saturated heterocycles. The molecule has 1 saturated carbocycles. The fraction of sp³-hybridized carbons (Fsp3) is 0.846. The topological polar surface area (TPSA) is 29.3 Å². The first-order valence-electron chi connectivity index (χ1n) is 6.50. The molecule has 1 aliphatic carbocycles. The first-order valence-corrected chi connectivity index (χ1v) is 6.95. The summed E-state index contributed by atoms with van der Waals surface area (Å²) < 4.78 is 0. The third-order valence-electron chi connectivity index (χ3n) is 4.13. The minimum Gasteiger partial charge on any atom is -0.438 e. The molecular formula is C13H23KN2S. The van der Waals surface area contributed by atoms with E-state index in [0.29, 0.717) is 0 Å². The van der Waals surface area contributed by atoms with Crippen molar-refractivity contribution in [2.45, 2.75) is 38.1 Å². The molecule has 2 N–H and O–H groups in total. The van der Waals surface area contributed by atoms with Crippen LogP contribution in [0.5, 0.6) is 0 Å². The van der Waals surface area contributed by atoms with E-state index in [4.69, 9.17) is 5.73 Å². The second-order valence-electron chi connectivity index (χ2n) is 5.31. The van der Waals surface area contributed by atoms with Gasteiger partial charge in [0.25, 0.3) is 0 Å². The number of thiol groups is 1. The van der Waals surface area contributed by atoms with Gasteiger partial charge in [0.1, 0.15) is 0 Å². The molecular weight excluding hydrogens is 255 g/mol. The molecule has 3 unspecified atom stereocenters. The van der Waals surface area contributed by atoms with Gasteiger partial charge in [0.2, 0.25) is 0 Å². The third-order valence-corrected chi connectivity index (χ3v) is 4.28. The van der Waals surface area contributed by atoms with Gasteiger partial charge in [-0.3, -0.25) is 0 Å². The molecule has 3 atom stereocenters. The molecule has 0 aromatic carbocycles. The van der Waals surface area contributed by atoms with E-state index in [-0.39, 0.29) is 57.4 Å². The number of hydrogen-bond donors (Lipinski definition) is 2. The van der Waals surface area contributed by atoms with Crippen molar-refractivity contribution in [1.29, 1.82) is 0 Å². The maximum absolute atomic E-state index is 5.97. The van der Waals surface area contributed by atoms with E-state index in [2.05, 4.69) is 22.9 Å². The quantitative estimate of drug-likeness (QED) is 0.397. The van der Waals surface area contributed by atoms with Gasteiger partial charge in [0, 0.05) is 19.1 Å². The molecule has 0 bridgehead atoms. The van der Waals surface area contributed by atoms with Gasteiger partial charge in [-0.05, 0) is 31.2 Å². The van der Waals surface area contributed by atoms with E-state index >= 15 is 0 Å². The van der Waals surface area contributed by atoms with Gasteiger partial charge in [-0.15, -0.1) is 0 Å². The van der Waals surface area contributed by atoms with E-state index in [9.17, 15) is 0 Å². The Morgan fingerprint density at radius 2 is 2.00 bits per heavy atom. The summed E-state index contributed by atoms with van der Waals surface area (Å²) in [5.74, 6) is 1.95. The van der Waals surface area contributed by atoms with Crippen LogP contribution in [-0.2, 0) is 0 Å². The number of rotatable bonds is 3. The van der Waals surface area contributed by atoms with Crippen LogP contribution in [0.3, 0.4) is 0 Å². The van der Waals surface area contributed by atoms with Crippen LogP contribution >= 0.6 is 12.6 Å². The number of nitrogens with zero attached hydrogens (tertiary/aromatic N) is 1. The number of hydrogen-bond acceptors (Lipinski definition) is 3. The molecule has 1 heterocycles. The van der Waals surface area contributed by atoms with Crippen molar-refractivity contribution in [2.75, 3.05) is 19.6 Å². The zero-order chi connectivity index (χ0) is 11.4. The molecule has 17 heavy (non-hydrogen) atoms. The fourth-order valence-electron chi connectivity index (χ4n) is 3.29. The standard InChI is InChI=1S/C13H23N2S.K/c14-13(6-8-16)10-15-7-5-11-3-1-2-4-12(11)9-15;/h6,11-13,16H,1-5,7,9-10,14H2;/q-1;+1. The SMILES string of the molecule is NC(C=[C-]S)CN1CCC2CCCCC2C1.[K+]. The average molecular weight is 279 g/mol. The molecule has 0 amide bonds. The molecule has 2 nitrogen and oxygen atoms in total. The van der Waals surface area contributed by atoms with Crippen molar-refractivity contribution >= 4 is 12.6 Å². The molecule has 2 rings (SSSR count). The second kappa shape index (κ2) is 8.75. The Kier molecular flexibility index (Phi) is 8.59. The first kappa shape index (κ1) is 16.7. The van der Waals surface area contributed by atoms with Crippen LogP contribution < -0.4 is 57.1 Å². The minimum absolute atomic E-state index is 0. The summed E-state index contributed by atoms with van der Waals surface area (Å²) in [6.07, 6.45) is 9.03. The maximum atomic E-state index is 5.97. The van der Waals surface area contributed by atoms with Gasteiger partial charge < -0.3 is 28.7 Å². The van der Waals surface area contributed by atoms with E-state index in [1.807, 2.05) is 6.08 Å². The second-order valence-corrected chi connectivity index (χ2v) is 5.57. The summed E-state index contributed by atoms with van der Waals surface area (Å²) in [6.45, 7) is 3.46. The van der Waals surface area contributed by atoms with Crippen LogP contribution in [0.25, 0.3) is 0 Å². The monoisotopic (exact) mass is 278 g/mol. The van der Waals surface area contributed by atoms with Gasteiger partial charge >= 0.3 is 51.4 Å². The smallest absolute Gasteiger partial charge is 0.438 e. The Morgan fingerprint density at radius 3 is 2.71 bits per heavy atom. The summed E-state index contributed by atoms with van der Waals surface area (Å²) in [7, 11) is 0. The van der Waals surface area contributed by atoms with Crippen molar-refractivity contribution in [2.24, 2.45) is 17.6 Å². The van der Waals surface area contributed by atoms with Crippen molar-refractivity contribution in [1.82, 2.24) is 4.90 Å². The van der Waals surface area contributed by atoms with Crippen LogP contribution in [0.1, 0.15) is 32.1 Å². The Balaban J connectivity index is 0.00000144. The van der Waals surface area contributed by atoms with Crippen molar-refractivity contribution in [3.8, 4) is 0 Å². The molecule has 4 heteroatoms. The van der Waals surface area contributed by atoms with Crippen LogP contribution in [0, 0.1) is 17.2 Å². The summed E-state index contributed by atoms with van der Waals surface area (Å²) in [4.78, 5) is 2.53. The molecule has 0 radical (unpaired) electrons. The molecule has 1 aliphatic heterocycles. The first-order chi connectivity index (χ1) is 7.79. The molecule has 92 valence electrons. The minimum atomic E-state index is 0. The van der Waals surface area contributed by atoms with E-state index in [1.165, 1.54) is 45.2 Å². The molecule has 0 aromatic rings. The predicted molar refractivity (Wildman–Crippen MR) is 71.3 cm³/mol. The summed E-state index contributed by atoms with van der Waals surface area (Å²) >= 11 is 3.95. The molecule has 2 fully saturated rings. The van der Waals surface area contributed by atoms with Crippen LogP contribution in [0.4, 0.5) is 0 Å². The van der Waals surface area contributed by atoms with Gasteiger partial charge in [-0.1, -0.05) is 19.3 Å². The number of fused-ring (bicyclic) bond motifs is 1. The number of nitrogens with two attached hydrogens (primary N) is 1. The third kappa shape index (κ3) is 5.26. The van der Waals surface area contributed by atoms with E-state index < -0.39 is 0 Å². The Labute approximate surface area is 154 Å². The van der Waals surface area contributed by atoms with Gasteiger partial charge in [0.05, 0.1) is 0 Å². The fourth-order valence-corrected chi connectivity index (χ4v) is 3.48. The van der Waals surface area contributed by atoms with Gasteiger partial charge in [-0.2, -0.15) is 0 Å². The van der Waals surface area contributed by atoms with Gasteiger partial charge in [-0.25, -0.2) is 6.08 Å². The maximum Gasteiger partial charge on any atom is 1.00 e. The normalized spacial score (nSPS) is 31.9. The molecule has 0 spiro atoms. The van der Waals surface area contributed by atoms with Crippen LogP contribution in [0.15, 0.2) is 6.08 Å². The largest absolute Gasteiger partial charge is 1.00 e. The molecule has 0 aromatic heterocycles. The Morgan fingerprint density at radius 1 is 1.29 bits per heavy atom. The van der Waals surface area contributed by atoms with Crippen molar-refractivity contribution < 1.29 is 51.4 Å². The van der Waals surface area contributed by atoms with E-state index in [1.54, 1.807) is 0 Å². The average Bonchev–Trinajstić information content (AvgIpc) is 2.29. The summed E-state index contributed by atoms with van der Waals surface area (Å²) in [5, 5.41) is 2.73. The predicted octanol–water partition coefficient (Wildman–Crippen LogP) is -0.924. The van der Waals surface area contributed by atoms with Crippen molar-refractivity contribution in [3.63, 3.8) is 0 Å². The summed E-state index contributed by atoms with van der Waals surface area (Å²) in [6, 6.07) is 0.0950. The Hall–Kier alpha value is 1.65. The van der Waals surface area contributed by atoms with Crippen LogP contribution in [-0.4, -0.2) is 30.6 Å². The Bertz CT molecular complexity index is 248. The van der Waals surface area contributed by atoms with Crippen molar-refractivity contribution in [3.05, 3.63) is 11.5 Å². The summed E-state index contributed by atoms with van der Waals surface area (Å²) in [5.41, 5.74) is 5.97. The zero-order valence-corrected chi connectivity index (χ0v) is 15.0. The molecule has 2 aliphatic rings.